The summed E-state index contributed by atoms with van der Waals surface area (Å²) in [7, 11) is 1.63. The summed E-state index contributed by atoms with van der Waals surface area (Å²) < 4.78 is 16.8. The molecule has 1 fully saturated rings. The molecule has 2 amide bonds. The molecule has 2 aliphatic rings. The first-order valence-electron chi connectivity index (χ1n) is 11.5. The molecule has 3 heterocycles. The van der Waals surface area contributed by atoms with Gasteiger partial charge >= 0.3 is 6.03 Å². The van der Waals surface area contributed by atoms with E-state index in [1.54, 1.807) is 12.0 Å². The van der Waals surface area contributed by atoms with Crippen LogP contribution in [0, 0.1) is 6.92 Å². The predicted octanol–water partition coefficient (Wildman–Crippen LogP) is 4.73. The van der Waals surface area contributed by atoms with E-state index in [1.807, 2.05) is 62.4 Å². The van der Waals surface area contributed by atoms with Crippen LogP contribution < -0.4 is 10.1 Å². The number of rotatable bonds is 6. The molecule has 2 aromatic carbocycles. The van der Waals surface area contributed by atoms with Gasteiger partial charge in [-0.25, -0.2) is 4.79 Å². The fourth-order valence-electron chi connectivity index (χ4n) is 4.47. The highest BCUT2D eigenvalue weighted by Gasteiger charge is 2.37. The molecule has 2 atom stereocenters. The minimum absolute atomic E-state index is 0.0235. The van der Waals surface area contributed by atoms with Gasteiger partial charge in [0, 0.05) is 17.9 Å². The quantitative estimate of drug-likeness (QED) is 0.572. The Morgan fingerprint density at radius 2 is 1.88 bits per heavy atom. The number of ether oxygens (including phenoxy) is 2. The molecule has 34 heavy (non-hydrogen) atoms. The Morgan fingerprint density at radius 3 is 2.56 bits per heavy atom. The predicted molar refractivity (Wildman–Crippen MR) is 127 cm³/mol. The largest absolute Gasteiger partial charge is 0.497 e. The van der Waals surface area contributed by atoms with Gasteiger partial charge in [0.1, 0.15) is 5.75 Å². The fraction of sp³-hybridized carbons (Fsp3) is 0.346. The number of benzene rings is 2. The maximum absolute atomic E-state index is 13.2. The minimum atomic E-state index is -0.405. The Bertz CT molecular complexity index is 1190. The molecule has 0 bridgehead atoms. The van der Waals surface area contributed by atoms with Crippen molar-refractivity contribution in [1.82, 2.24) is 20.4 Å². The monoisotopic (exact) mass is 460 g/mol. The summed E-state index contributed by atoms with van der Waals surface area (Å²) >= 11 is 0. The molecule has 3 aromatic rings. The van der Waals surface area contributed by atoms with Gasteiger partial charge in [-0.15, -0.1) is 0 Å². The van der Waals surface area contributed by atoms with Crippen LogP contribution in [0.15, 0.2) is 58.8 Å². The van der Waals surface area contributed by atoms with Gasteiger partial charge in [-0.1, -0.05) is 35.0 Å². The Kier molecular flexibility index (Phi) is 6.06. The van der Waals surface area contributed by atoms with E-state index in [4.69, 9.17) is 19.0 Å². The van der Waals surface area contributed by atoms with Gasteiger partial charge in [-0.2, -0.15) is 4.98 Å². The van der Waals surface area contributed by atoms with Gasteiger partial charge in [0.15, 0.2) is 0 Å². The second-order valence-electron chi connectivity index (χ2n) is 8.69. The lowest BCUT2D eigenvalue weighted by atomic mass is 9.94. The first-order valence-corrected chi connectivity index (χ1v) is 11.5. The maximum atomic E-state index is 13.2. The zero-order valence-corrected chi connectivity index (χ0v) is 19.6. The molecular formula is C26H28N4O4. The number of urea groups is 1. The molecule has 0 radical (unpaired) electrons. The van der Waals surface area contributed by atoms with Crippen molar-refractivity contribution in [2.75, 3.05) is 20.3 Å². The summed E-state index contributed by atoms with van der Waals surface area (Å²) in [6.07, 6.45) is 1.97. The third-order valence-corrected chi connectivity index (χ3v) is 6.42. The average Bonchev–Trinajstić information content (AvgIpc) is 3.54. The van der Waals surface area contributed by atoms with Crippen LogP contribution in [-0.2, 0) is 4.74 Å². The first kappa shape index (κ1) is 22.2. The summed E-state index contributed by atoms with van der Waals surface area (Å²) in [5.74, 6) is 1.61. The van der Waals surface area contributed by atoms with Gasteiger partial charge in [0.25, 0.3) is 5.89 Å². The Balaban J connectivity index is 1.55. The van der Waals surface area contributed by atoms with E-state index in [2.05, 4.69) is 10.5 Å². The third-order valence-electron chi connectivity index (χ3n) is 6.42. The highest BCUT2D eigenvalue weighted by molar-refractivity contribution is 5.87. The van der Waals surface area contributed by atoms with E-state index < -0.39 is 6.04 Å². The molecule has 1 N–H and O–H groups in total. The molecule has 1 saturated heterocycles. The number of aromatic nitrogens is 2. The molecule has 0 spiro atoms. The summed E-state index contributed by atoms with van der Waals surface area (Å²) in [5, 5.41) is 7.37. The summed E-state index contributed by atoms with van der Waals surface area (Å²) in [6.45, 7) is 5.19. The van der Waals surface area contributed by atoms with E-state index in [-0.39, 0.29) is 12.1 Å². The van der Waals surface area contributed by atoms with Crippen molar-refractivity contribution in [1.29, 1.82) is 0 Å². The van der Waals surface area contributed by atoms with Crippen LogP contribution in [0.4, 0.5) is 4.79 Å². The third kappa shape index (κ3) is 4.28. The van der Waals surface area contributed by atoms with Crippen molar-refractivity contribution >= 4 is 11.6 Å². The first-order chi connectivity index (χ1) is 16.5. The summed E-state index contributed by atoms with van der Waals surface area (Å²) in [6, 6.07) is 15.0. The van der Waals surface area contributed by atoms with E-state index in [0.29, 0.717) is 18.3 Å². The number of methoxy groups -OCH3 is 1. The Morgan fingerprint density at radius 1 is 1.12 bits per heavy atom. The van der Waals surface area contributed by atoms with Gasteiger partial charge in [-0.3, -0.25) is 4.90 Å². The Hall–Kier alpha value is -3.65. The molecular weight excluding hydrogens is 432 g/mol. The van der Waals surface area contributed by atoms with Crippen LogP contribution in [0.2, 0.25) is 0 Å². The summed E-state index contributed by atoms with van der Waals surface area (Å²) in [4.78, 5) is 19.6. The van der Waals surface area contributed by atoms with Crippen molar-refractivity contribution in [3.8, 4) is 17.1 Å². The topological polar surface area (TPSA) is 89.7 Å². The molecule has 2 aliphatic heterocycles. The number of nitrogens with one attached hydrogen (secondary N) is 1. The number of allylic oxidation sites excluding steroid dienone is 1. The number of hydrogen-bond donors (Lipinski definition) is 1. The number of carbonyl (C=O) groups excluding carboxylic acids is 1. The van der Waals surface area contributed by atoms with Crippen molar-refractivity contribution in [2.45, 2.75) is 38.8 Å². The van der Waals surface area contributed by atoms with Crippen LogP contribution in [0.25, 0.3) is 17.0 Å². The Labute approximate surface area is 198 Å². The highest BCUT2D eigenvalue weighted by atomic mass is 16.5. The van der Waals surface area contributed by atoms with Crippen LogP contribution in [0.3, 0.4) is 0 Å². The van der Waals surface area contributed by atoms with E-state index in [1.165, 1.54) is 0 Å². The fourth-order valence-corrected chi connectivity index (χ4v) is 4.47. The van der Waals surface area contributed by atoms with Crippen molar-refractivity contribution < 1.29 is 18.8 Å². The molecule has 8 heteroatoms. The number of nitrogens with zero attached hydrogens (tertiary/aromatic N) is 3. The second-order valence-corrected chi connectivity index (χ2v) is 8.69. The van der Waals surface area contributed by atoms with Crippen molar-refractivity contribution in [3.63, 3.8) is 0 Å². The highest BCUT2D eigenvalue weighted by Crippen LogP contribution is 2.38. The zero-order chi connectivity index (χ0) is 23.7. The standard InChI is InChI=1S/C26H28N4O4/c1-16-6-8-18(9-7-16)23-22(17(2)30(26(31)27-23)15-21-5-4-14-33-21)25-28-24(29-34-25)19-10-12-20(32-3)13-11-19/h6-13,21,23H,4-5,14-15H2,1-3H3,(H,27,31). The van der Waals surface area contributed by atoms with Gasteiger partial charge in [-0.05, 0) is 56.5 Å². The van der Waals surface area contributed by atoms with E-state index in [9.17, 15) is 4.79 Å². The van der Waals surface area contributed by atoms with Crippen LogP contribution in [0.1, 0.15) is 42.8 Å². The molecule has 8 nitrogen and oxygen atoms in total. The second kappa shape index (κ2) is 9.30. The lowest BCUT2D eigenvalue weighted by Crippen LogP contribution is -2.48. The molecule has 0 aliphatic carbocycles. The molecule has 2 unspecified atom stereocenters. The van der Waals surface area contributed by atoms with Crippen LogP contribution >= 0.6 is 0 Å². The number of amides is 2. The molecule has 1 aromatic heterocycles. The van der Waals surface area contributed by atoms with Crippen LogP contribution in [-0.4, -0.2) is 47.4 Å². The molecule has 5 rings (SSSR count). The number of aryl methyl sites for hydroxylation is 1. The average molecular weight is 461 g/mol. The summed E-state index contributed by atoms with van der Waals surface area (Å²) in [5.41, 5.74) is 4.49. The number of carbonyl (C=O) groups is 1. The SMILES string of the molecule is COc1ccc(-c2noc(C3=C(C)N(CC4CCCO4)C(=O)NC3c3ccc(C)cc3)n2)cc1. The lowest BCUT2D eigenvalue weighted by Gasteiger charge is -2.36. The minimum Gasteiger partial charge on any atom is -0.497 e. The number of hydrogen-bond acceptors (Lipinski definition) is 6. The lowest BCUT2D eigenvalue weighted by molar-refractivity contribution is 0.0877. The zero-order valence-electron chi connectivity index (χ0n) is 19.6. The van der Waals surface area contributed by atoms with Gasteiger partial charge < -0.3 is 19.3 Å². The molecule has 176 valence electrons. The van der Waals surface area contributed by atoms with E-state index >= 15 is 0 Å². The molecule has 0 saturated carbocycles. The van der Waals surface area contributed by atoms with Crippen molar-refractivity contribution in [3.05, 3.63) is 71.2 Å². The van der Waals surface area contributed by atoms with Crippen molar-refractivity contribution in [2.24, 2.45) is 0 Å². The van der Waals surface area contributed by atoms with Gasteiger partial charge in [0.05, 0.1) is 31.4 Å². The van der Waals surface area contributed by atoms with Gasteiger partial charge in [0.2, 0.25) is 5.82 Å². The smallest absolute Gasteiger partial charge is 0.322 e. The van der Waals surface area contributed by atoms with Crippen LogP contribution in [0.5, 0.6) is 5.75 Å². The van der Waals surface area contributed by atoms with E-state index in [0.717, 1.165) is 53.2 Å². The maximum Gasteiger partial charge on any atom is 0.322 e. The normalized spacial score (nSPS) is 20.6.